The third kappa shape index (κ3) is 4.32. The Morgan fingerprint density at radius 1 is 1.46 bits per heavy atom. The van der Waals surface area contributed by atoms with Gasteiger partial charge in [0.2, 0.25) is 11.4 Å². The van der Waals surface area contributed by atoms with Crippen LogP contribution in [0.3, 0.4) is 0 Å². The lowest BCUT2D eigenvalue weighted by atomic mass is 9.99. The Morgan fingerprint density at radius 3 is 2.79 bits per heavy atom. The Hall–Kier alpha value is -2.50. The van der Waals surface area contributed by atoms with Crippen LogP contribution >= 0.6 is 15.9 Å². The fourth-order valence-corrected chi connectivity index (χ4v) is 3.21. The molecule has 0 aliphatic carbocycles. The van der Waals surface area contributed by atoms with Crippen LogP contribution in [0, 0.1) is 12.1 Å². The number of halogens is 4. The molecule has 0 N–H and O–H groups in total. The van der Waals surface area contributed by atoms with Crippen LogP contribution in [-0.4, -0.2) is 48.1 Å². The van der Waals surface area contributed by atoms with Gasteiger partial charge in [0.1, 0.15) is 5.75 Å². The van der Waals surface area contributed by atoms with Crippen LogP contribution < -0.4 is 4.74 Å². The van der Waals surface area contributed by atoms with Gasteiger partial charge in [0.05, 0.1) is 23.6 Å². The number of carbonyl (C=O) groups is 1. The molecule has 0 bridgehead atoms. The Bertz CT molecular complexity index is 840. The monoisotopic (exact) mass is 465 g/mol. The van der Waals surface area contributed by atoms with Gasteiger partial charge in [-0.25, -0.2) is 4.79 Å². The summed E-state index contributed by atoms with van der Waals surface area (Å²) in [6.45, 7) is 1.80. The van der Waals surface area contributed by atoms with E-state index in [4.69, 9.17) is 4.74 Å². The van der Waals surface area contributed by atoms with Gasteiger partial charge in [-0.15, -0.1) is 5.01 Å². The summed E-state index contributed by atoms with van der Waals surface area (Å²) in [4.78, 5) is 16.9. The van der Waals surface area contributed by atoms with E-state index in [0.717, 1.165) is 12.5 Å². The summed E-state index contributed by atoms with van der Waals surface area (Å²) in [6.07, 6.45) is -5.42. The number of hydrazine groups is 1. The molecule has 1 atom stereocenters. The molecule has 28 heavy (non-hydrogen) atoms. The number of benzene rings is 1. The second-order valence-electron chi connectivity index (χ2n) is 6.10. The average Bonchev–Trinajstić information content (AvgIpc) is 2.54. The first-order valence-corrected chi connectivity index (χ1v) is 8.93. The number of nitrogens with zero attached hydrogens (tertiary/aromatic N) is 3. The largest absolute Gasteiger partial charge is 0.569 e. The lowest BCUT2D eigenvalue weighted by Gasteiger charge is -2.28. The zero-order chi connectivity index (χ0) is 20.5. The summed E-state index contributed by atoms with van der Waals surface area (Å²) in [5.74, 6) is -1.26. The highest BCUT2D eigenvalue weighted by atomic mass is 79.9. The molecule has 2 heterocycles. The molecule has 1 fully saturated rings. The number of aryl methyl sites for hydroxylation is 1. The van der Waals surface area contributed by atoms with E-state index in [1.807, 2.05) is 0 Å². The van der Waals surface area contributed by atoms with E-state index in [1.54, 1.807) is 13.0 Å². The third-order valence-electron chi connectivity index (χ3n) is 4.08. The Balaban J connectivity index is 1.74. The van der Waals surface area contributed by atoms with Crippen LogP contribution in [-0.2, 0) is 14.4 Å². The van der Waals surface area contributed by atoms with E-state index in [-0.39, 0.29) is 10.7 Å². The number of alkyl halides is 3. The second-order valence-corrected chi connectivity index (χ2v) is 7.02. The molecule has 2 aliphatic rings. The SMILES string of the molecule is Cc1cc(Br)cc2c1O[C@H](C(F)(F)F)C(C(=O)OCO/N=[N+](\[O-])N1CCC1)=C2. The van der Waals surface area contributed by atoms with E-state index in [9.17, 15) is 23.2 Å². The van der Waals surface area contributed by atoms with Crippen molar-refractivity contribution in [3.8, 4) is 5.75 Å². The maximum atomic E-state index is 13.4. The molecule has 1 aromatic carbocycles. The van der Waals surface area contributed by atoms with Crippen LogP contribution in [0.15, 0.2) is 27.5 Å². The minimum atomic E-state index is -4.84. The lowest BCUT2D eigenvalue weighted by molar-refractivity contribution is -0.723. The maximum absolute atomic E-state index is 13.4. The van der Waals surface area contributed by atoms with E-state index in [0.29, 0.717) is 28.7 Å². The summed E-state index contributed by atoms with van der Waals surface area (Å²) in [5, 5.41) is 15.8. The maximum Gasteiger partial charge on any atom is 0.430 e. The van der Waals surface area contributed by atoms with Gasteiger partial charge < -0.3 is 19.5 Å². The molecule has 0 spiro atoms. The summed E-state index contributed by atoms with van der Waals surface area (Å²) >= 11 is 3.25. The van der Waals surface area contributed by atoms with E-state index in [1.165, 1.54) is 11.1 Å². The molecule has 0 amide bonds. The fourth-order valence-electron chi connectivity index (χ4n) is 2.62. The second kappa shape index (κ2) is 7.86. The van der Waals surface area contributed by atoms with Gasteiger partial charge in [-0.2, -0.15) is 13.2 Å². The normalized spacial score (nSPS) is 19.2. The van der Waals surface area contributed by atoms with Crippen molar-refractivity contribution in [3.63, 3.8) is 0 Å². The van der Waals surface area contributed by atoms with Crippen molar-refractivity contribution in [2.24, 2.45) is 5.28 Å². The number of ether oxygens (including phenoxy) is 2. The predicted molar refractivity (Wildman–Crippen MR) is 91.6 cm³/mol. The Morgan fingerprint density at radius 2 is 2.18 bits per heavy atom. The number of hydrogen-bond donors (Lipinski definition) is 0. The van der Waals surface area contributed by atoms with Crippen molar-refractivity contribution in [2.45, 2.75) is 25.6 Å². The predicted octanol–water partition coefficient (Wildman–Crippen LogP) is 3.48. The van der Waals surface area contributed by atoms with Gasteiger partial charge in [-0.1, -0.05) is 15.9 Å². The number of esters is 1. The van der Waals surface area contributed by atoms with Crippen molar-refractivity contribution < 1.29 is 37.2 Å². The minimum absolute atomic E-state index is 0.0323. The van der Waals surface area contributed by atoms with E-state index < -0.39 is 30.6 Å². The molecule has 2 aliphatic heterocycles. The van der Waals surface area contributed by atoms with Crippen LogP contribution in [0.2, 0.25) is 0 Å². The fraction of sp³-hybridized carbons (Fsp3) is 0.438. The van der Waals surface area contributed by atoms with E-state index in [2.05, 4.69) is 30.8 Å². The molecule has 0 aromatic heterocycles. The quantitative estimate of drug-likeness (QED) is 0.165. The van der Waals surface area contributed by atoms with Crippen molar-refractivity contribution in [1.82, 2.24) is 5.01 Å². The molecule has 152 valence electrons. The van der Waals surface area contributed by atoms with Gasteiger partial charge >= 0.3 is 12.1 Å². The van der Waals surface area contributed by atoms with Crippen molar-refractivity contribution in [3.05, 3.63) is 38.5 Å². The van der Waals surface area contributed by atoms with Gasteiger partial charge in [0.15, 0.2) is 0 Å². The number of hydrogen-bond acceptors (Lipinski definition) is 6. The smallest absolute Gasteiger partial charge is 0.430 e. The van der Waals surface area contributed by atoms with Crippen molar-refractivity contribution in [1.29, 1.82) is 0 Å². The molecule has 8 nitrogen and oxygen atoms in total. The molecular formula is C16H15BrF3N3O5. The van der Waals surface area contributed by atoms with Gasteiger partial charge in [0.25, 0.3) is 6.79 Å². The average molecular weight is 466 g/mol. The van der Waals surface area contributed by atoms with Crippen molar-refractivity contribution in [2.75, 3.05) is 19.9 Å². The van der Waals surface area contributed by atoms with Crippen LogP contribution in [0.5, 0.6) is 5.75 Å². The van der Waals surface area contributed by atoms with Gasteiger partial charge in [-0.05, 0) is 37.1 Å². The van der Waals surface area contributed by atoms with Crippen LogP contribution in [0.1, 0.15) is 17.5 Å². The molecular weight excluding hydrogens is 451 g/mol. The molecule has 1 saturated heterocycles. The molecule has 12 heteroatoms. The van der Waals surface area contributed by atoms with Gasteiger partial charge in [0, 0.05) is 10.0 Å². The summed E-state index contributed by atoms with van der Waals surface area (Å²) in [7, 11) is 0. The molecule has 0 saturated carbocycles. The van der Waals surface area contributed by atoms with Gasteiger partial charge in [-0.3, -0.25) is 0 Å². The summed E-state index contributed by atoms with van der Waals surface area (Å²) in [5.41, 5.74) is 0.0437. The third-order valence-corrected chi connectivity index (χ3v) is 4.53. The molecule has 0 unspecified atom stereocenters. The minimum Gasteiger partial charge on any atom is -0.569 e. The zero-order valence-electron chi connectivity index (χ0n) is 14.5. The number of fused-ring (bicyclic) bond motifs is 1. The first-order valence-electron chi connectivity index (χ1n) is 8.14. The van der Waals surface area contributed by atoms with E-state index >= 15 is 0 Å². The highest BCUT2D eigenvalue weighted by molar-refractivity contribution is 9.10. The summed E-state index contributed by atoms with van der Waals surface area (Å²) in [6, 6.07) is 3.13. The summed E-state index contributed by atoms with van der Waals surface area (Å²) < 4.78 is 50.5. The number of rotatable bonds is 5. The zero-order valence-corrected chi connectivity index (χ0v) is 16.1. The molecule has 0 radical (unpaired) electrons. The highest BCUT2D eigenvalue weighted by Crippen LogP contribution is 2.40. The first kappa shape index (κ1) is 20.2. The Kier molecular flexibility index (Phi) is 5.68. The van der Waals surface area contributed by atoms with Crippen molar-refractivity contribution >= 4 is 28.0 Å². The number of carbonyl (C=O) groups excluding carboxylic acids is 1. The topological polar surface area (TPSA) is 86.4 Å². The van der Waals surface area contributed by atoms with Crippen LogP contribution in [0.4, 0.5) is 13.2 Å². The first-order chi connectivity index (χ1) is 13.2. The standard InChI is InChI=1S/C16H15BrF3N3O5/c1-9-5-11(17)6-10-7-12(14(16(18,19)20)28-13(9)10)15(24)26-8-27-21-23(25)22-3-2-4-22/h5-7,14H,2-4,8H2,1H3/b23-21-/t14-/m0/s1. The lowest BCUT2D eigenvalue weighted by Crippen LogP contribution is -2.42. The van der Waals surface area contributed by atoms with Crippen LogP contribution in [0.25, 0.3) is 6.08 Å². The highest BCUT2D eigenvalue weighted by Gasteiger charge is 2.49. The molecule has 3 rings (SSSR count). The molecule has 1 aromatic rings. The Labute approximate surface area is 165 Å².